The Kier molecular flexibility index (Phi) is 5.45. The molecule has 0 unspecified atom stereocenters. The molecule has 3 aliphatic heterocycles. The van der Waals surface area contributed by atoms with E-state index in [0.29, 0.717) is 6.04 Å². The van der Waals surface area contributed by atoms with Crippen molar-refractivity contribution in [2.45, 2.75) is 57.0 Å². The lowest BCUT2D eigenvalue weighted by molar-refractivity contribution is 0.0646. The first-order valence-electron chi connectivity index (χ1n) is 12.7. The molecule has 2 aromatic rings. The summed E-state index contributed by atoms with van der Waals surface area (Å²) in [6.07, 6.45) is 8.23. The Morgan fingerprint density at radius 1 is 0.818 bits per heavy atom. The van der Waals surface area contributed by atoms with Gasteiger partial charge in [0.1, 0.15) is 0 Å². The second-order valence-electron chi connectivity index (χ2n) is 10.2. The van der Waals surface area contributed by atoms with Crippen molar-refractivity contribution in [2.75, 3.05) is 32.7 Å². The van der Waals surface area contributed by atoms with Gasteiger partial charge in [-0.05, 0) is 73.4 Å². The van der Waals surface area contributed by atoms with Crippen molar-refractivity contribution in [1.29, 1.82) is 0 Å². The topological polar surface area (TPSA) is 43.9 Å². The van der Waals surface area contributed by atoms with Crippen molar-refractivity contribution in [1.82, 2.24) is 14.7 Å². The second kappa shape index (κ2) is 8.60. The summed E-state index contributed by atoms with van der Waals surface area (Å²) in [7, 11) is 0. The highest BCUT2D eigenvalue weighted by Gasteiger charge is 2.37. The van der Waals surface area contributed by atoms with E-state index in [1.165, 1.54) is 19.3 Å². The van der Waals surface area contributed by atoms with Crippen LogP contribution in [0.15, 0.2) is 42.5 Å². The number of amides is 2. The molecule has 2 amide bonds. The normalized spacial score (nSPS) is 23.6. The Balaban J connectivity index is 1.19. The fourth-order valence-electron chi connectivity index (χ4n) is 6.07. The summed E-state index contributed by atoms with van der Waals surface area (Å²) in [5, 5.41) is 0. The summed E-state index contributed by atoms with van der Waals surface area (Å²) in [6.45, 7) is 4.71. The maximum Gasteiger partial charge on any atom is 0.254 e. The Bertz CT molecular complexity index is 1070. The maximum absolute atomic E-state index is 13.4. The molecule has 4 aliphatic rings. The lowest BCUT2D eigenvalue weighted by atomic mass is 9.91. The largest absolute Gasteiger partial charge is 0.339 e. The minimum Gasteiger partial charge on any atom is -0.339 e. The number of benzene rings is 2. The fraction of sp³-hybridized carbons (Fsp3) is 0.500. The quantitative estimate of drug-likeness (QED) is 0.711. The molecule has 0 aromatic heterocycles. The molecule has 2 saturated heterocycles. The van der Waals surface area contributed by atoms with Gasteiger partial charge in [-0.15, -0.1) is 0 Å². The first-order chi connectivity index (χ1) is 16.2. The van der Waals surface area contributed by atoms with E-state index in [1.807, 2.05) is 29.2 Å². The van der Waals surface area contributed by atoms with Crippen molar-refractivity contribution >= 4 is 11.8 Å². The van der Waals surface area contributed by atoms with Gasteiger partial charge in [-0.25, -0.2) is 0 Å². The number of carbonyl (C=O) groups excluding carboxylic acids is 2. The molecule has 2 aromatic carbocycles. The van der Waals surface area contributed by atoms with E-state index in [4.69, 9.17) is 0 Å². The van der Waals surface area contributed by atoms with Crippen LogP contribution in [0.3, 0.4) is 0 Å². The average molecular weight is 444 g/mol. The molecule has 0 N–H and O–H groups in total. The minimum atomic E-state index is 0.130. The molecule has 1 saturated carbocycles. The molecule has 5 nitrogen and oxygen atoms in total. The maximum atomic E-state index is 13.4. The molecule has 33 heavy (non-hydrogen) atoms. The number of carbonyl (C=O) groups is 2. The predicted octanol–water partition coefficient (Wildman–Crippen LogP) is 4.21. The van der Waals surface area contributed by atoms with Crippen LogP contribution in [0.4, 0.5) is 0 Å². The zero-order valence-electron chi connectivity index (χ0n) is 19.3. The Morgan fingerprint density at radius 2 is 1.64 bits per heavy atom. The third kappa shape index (κ3) is 3.86. The molecule has 6 rings (SSSR count). The van der Waals surface area contributed by atoms with Gasteiger partial charge >= 0.3 is 0 Å². The van der Waals surface area contributed by atoms with Gasteiger partial charge in [0.25, 0.3) is 11.8 Å². The standard InChI is InChI=1S/C28H33N3O2/c32-27(29-13-1-2-14-29)23-6-3-5-20(18-23)21-9-10-26-22(17-21)11-16-31(28(26)33)25-12-15-30(19-25)24-7-4-8-24/h3,5-6,9-10,17-18,24-25H,1-2,4,7-8,11-16,19H2/t25-/m1/s1. The van der Waals surface area contributed by atoms with Crippen LogP contribution in [0.25, 0.3) is 11.1 Å². The van der Waals surface area contributed by atoms with E-state index >= 15 is 0 Å². The lowest BCUT2D eigenvalue weighted by Gasteiger charge is -2.37. The van der Waals surface area contributed by atoms with Crippen molar-refractivity contribution in [3.05, 3.63) is 59.2 Å². The third-order valence-electron chi connectivity index (χ3n) is 8.28. The minimum absolute atomic E-state index is 0.130. The highest BCUT2D eigenvalue weighted by atomic mass is 16.2. The molecule has 0 radical (unpaired) electrons. The van der Waals surface area contributed by atoms with Crippen LogP contribution >= 0.6 is 0 Å². The first kappa shape index (κ1) is 20.9. The number of hydrogen-bond donors (Lipinski definition) is 0. The Hall–Kier alpha value is -2.66. The van der Waals surface area contributed by atoms with Crippen molar-refractivity contribution in [3.8, 4) is 11.1 Å². The van der Waals surface area contributed by atoms with Crippen molar-refractivity contribution < 1.29 is 9.59 Å². The van der Waals surface area contributed by atoms with Crippen LogP contribution in [-0.2, 0) is 6.42 Å². The Labute approximate surface area is 196 Å². The molecule has 3 fully saturated rings. The van der Waals surface area contributed by atoms with Crippen molar-refractivity contribution in [2.24, 2.45) is 0 Å². The predicted molar refractivity (Wildman–Crippen MR) is 129 cm³/mol. The Morgan fingerprint density at radius 3 is 2.42 bits per heavy atom. The van der Waals surface area contributed by atoms with Crippen LogP contribution in [0.1, 0.15) is 64.8 Å². The zero-order chi connectivity index (χ0) is 22.4. The molecule has 1 aliphatic carbocycles. The van der Waals surface area contributed by atoms with Crippen LogP contribution < -0.4 is 0 Å². The van der Waals surface area contributed by atoms with E-state index in [0.717, 1.165) is 92.3 Å². The summed E-state index contributed by atoms with van der Waals surface area (Å²) in [5.41, 5.74) is 4.88. The van der Waals surface area contributed by atoms with Crippen LogP contribution in [0.5, 0.6) is 0 Å². The van der Waals surface area contributed by atoms with Gasteiger partial charge < -0.3 is 9.80 Å². The van der Waals surface area contributed by atoms with E-state index in [2.05, 4.69) is 28.0 Å². The highest BCUT2D eigenvalue weighted by Crippen LogP contribution is 2.32. The van der Waals surface area contributed by atoms with Crippen LogP contribution in [0, 0.1) is 0 Å². The molecular weight excluding hydrogens is 410 g/mol. The van der Waals surface area contributed by atoms with Gasteiger partial charge in [-0.3, -0.25) is 14.5 Å². The molecule has 3 heterocycles. The molecule has 172 valence electrons. The number of nitrogens with zero attached hydrogens (tertiary/aromatic N) is 3. The van der Waals surface area contributed by atoms with Crippen LogP contribution in [-0.4, -0.2) is 71.3 Å². The number of fused-ring (bicyclic) bond motifs is 1. The smallest absolute Gasteiger partial charge is 0.254 e. The summed E-state index contributed by atoms with van der Waals surface area (Å²) in [5.74, 6) is 0.326. The highest BCUT2D eigenvalue weighted by molar-refractivity contribution is 5.98. The van der Waals surface area contributed by atoms with E-state index < -0.39 is 0 Å². The lowest BCUT2D eigenvalue weighted by Crippen LogP contribution is -2.47. The van der Waals surface area contributed by atoms with Gasteiger partial charge in [-0.2, -0.15) is 0 Å². The molecule has 0 bridgehead atoms. The fourth-order valence-corrected chi connectivity index (χ4v) is 6.07. The van der Waals surface area contributed by atoms with Gasteiger partial charge in [0.2, 0.25) is 0 Å². The second-order valence-corrected chi connectivity index (χ2v) is 10.2. The number of rotatable bonds is 4. The summed E-state index contributed by atoms with van der Waals surface area (Å²) >= 11 is 0. The van der Waals surface area contributed by atoms with E-state index in [9.17, 15) is 9.59 Å². The number of likely N-dealkylation sites (tertiary alicyclic amines) is 2. The average Bonchev–Trinajstić information content (AvgIpc) is 3.50. The monoisotopic (exact) mass is 443 g/mol. The molecule has 5 heteroatoms. The van der Waals surface area contributed by atoms with Gasteiger partial charge in [-0.1, -0.05) is 30.7 Å². The summed E-state index contributed by atoms with van der Waals surface area (Å²) < 4.78 is 0. The van der Waals surface area contributed by atoms with Crippen molar-refractivity contribution in [3.63, 3.8) is 0 Å². The van der Waals surface area contributed by atoms with Gasteiger partial charge in [0.05, 0.1) is 0 Å². The summed E-state index contributed by atoms with van der Waals surface area (Å²) in [4.78, 5) is 32.9. The van der Waals surface area contributed by atoms with E-state index in [1.54, 1.807) is 0 Å². The summed E-state index contributed by atoms with van der Waals surface area (Å²) in [6, 6.07) is 15.3. The third-order valence-corrected chi connectivity index (χ3v) is 8.28. The SMILES string of the molecule is O=C(c1cccc(-c2ccc3c(c2)CCN([C@@H]2CCN(C4CCC4)C2)C3=O)c1)N1CCCC1. The first-order valence-corrected chi connectivity index (χ1v) is 12.7. The zero-order valence-corrected chi connectivity index (χ0v) is 19.3. The van der Waals surface area contributed by atoms with Gasteiger partial charge in [0, 0.05) is 55.9 Å². The number of hydrogen-bond acceptors (Lipinski definition) is 3. The molecule has 1 atom stereocenters. The van der Waals surface area contributed by atoms with Gasteiger partial charge in [0.15, 0.2) is 0 Å². The van der Waals surface area contributed by atoms with E-state index in [-0.39, 0.29) is 11.8 Å². The molecule has 0 spiro atoms. The molecular formula is C28H33N3O2. The van der Waals surface area contributed by atoms with Crippen LogP contribution in [0.2, 0.25) is 0 Å².